The van der Waals surface area contributed by atoms with E-state index < -0.39 is 5.60 Å². The summed E-state index contributed by atoms with van der Waals surface area (Å²) < 4.78 is 0. The van der Waals surface area contributed by atoms with Gasteiger partial charge in [-0.2, -0.15) is 0 Å². The molecular formula is C13H26N2O. The van der Waals surface area contributed by atoms with Crippen LogP contribution in [0.5, 0.6) is 0 Å². The molecule has 2 rings (SSSR count). The molecule has 3 heteroatoms. The Hall–Kier alpha value is -0.120. The van der Waals surface area contributed by atoms with Crippen LogP contribution in [0.4, 0.5) is 0 Å². The smallest absolute Gasteiger partial charge is 0.0644 e. The van der Waals surface area contributed by atoms with Crippen molar-refractivity contribution in [2.75, 3.05) is 19.6 Å². The molecule has 0 spiro atoms. The molecule has 1 aliphatic heterocycles. The highest BCUT2D eigenvalue weighted by Gasteiger charge is 2.30. The Morgan fingerprint density at radius 3 is 2.50 bits per heavy atom. The van der Waals surface area contributed by atoms with Gasteiger partial charge in [-0.25, -0.2) is 0 Å². The number of nitrogens with zero attached hydrogens (tertiary/aromatic N) is 1. The third-order valence-electron chi connectivity index (χ3n) is 4.39. The van der Waals surface area contributed by atoms with Gasteiger partial charge in [-0.3, -0.25) is 0 Å². The molecular weight excluding hydrogens is 200 g/mol. The van der Waals surface area contributed by atoms with E-state index in [1.165, 1.54) is 25.7 Å². The van der Waals surface area contributed by atoms with E-state index in [0.717, 1.165) is 32.5 Å². The SMILES string of the molecule is CC1(O)CCN(CC2CCCCC2N)CC1. The summed E-state index contributed by atoms with van der Waals surface area (Å²) >= 11 is 0. The second-order valence-corrected chi connectivity index (χ2v) is 6.01. The van der Waals surface area contributed by atoms with Crippen LogP contribution in [0, 0.1) is 5.92 Å². The monoisotopic (exact) mass is 226 g/mol. The van der Waals surface area contributed by atoms with Gasteiger partial charge in [-0.1, -0.05) is 12.8 Å². The number of hydrogen-bond donors (Lipinski definition) is 2. The van der Waals surface area contributed by atoms with E-state index in [9.17, 15) is 5.11 Å². The van der Waals surface area contributed by atoms with Crippen molar-refractivity contribution in [3.05, 3.63) is 0 Å². The van der Waals surface area contributed by atoms with Crippen LogP contribution >= 0.6 is 0 Å². The molecule has 0 aromatic carbocycles. The number of nitrogens with two attached hydrogens (primary N) is 1. The van der Waals surface area contributed by atoms with Crippen LogP contribution in [0.15, 0.2) is 0 Å². The number of piperidine rings is 1. The van der Waals surface area contributed by atoms with E-state index in [2.05, 4.69) is 4.90 Å². The number of hydrogen-bond acceptors (Lipinski definition) is 3. The molecule has 0 aromatic heterocycles. The third-order valence-corrected chi connectivity index (χ3v) is 4.39. The fourth-order valence-corrected chi connectivity index (χ4v) is 3.01. The van der Waals surface area contributed by atoms with Gasteiger partial charge in [-0.15, -0.1) is 0 Å². The Morgan fingerprint density at radius 1 is 1.25 bits per heavy atom. The van der Waals surface area contributed by atoms with Gasteiger partial charge in [0.25, 0.3) is 0 Å². The zero-order chi connectivity index (χ0) is 11.6. The van der Waals surface area contributed by atoms with Gasteiger partial charge in [0, 0.05) is 25.7 Å². The summed E-state index contributed by atoms with van der Waals surface area (Å²) in [5.41, 5.74) is 5.75. The van der Waals surface area contributed by atoms with Crippen molar-refractivity contribution in [3.8, 4) is 0 Å². The molecule has 2 fully saturated rings. The topological polar surface area (TPSA) is 49.5 Å². The molecule has 0 amide bonds. The minimum Gasteiger partial charge on any atom is -0.390 e. The van der Waals surface area contributed by atoms with Crippen molar-refractivity contribution in [2.24, 2.45) is 11.7 Å². The fraction of sp³-hybridized carbons (Fsp3) is 1.00. The van der Waals surface area contributed by atoms with Crippen molar-refractivity contribution >= 4 is 0 Å². The Bertz CT molecular complexity index is 220. The van der Waals surface area contributed by atoms with Crippen LogP contribution < -0.4 is 5.73 Å². The summed E-state index contributed by atoms with van der Waals surface area (Å²) in [6.07, 6.45) is 6.99. The molecule has 94 valence electrons. The van der Waals surface area contributed by atoms with Gasteiger partial charge in [0.1, 0.15) is 0 Å². The standard InChI is InChI=1S/C13H26N2O/c1-13(16)6-8-15(9-7-13)10-11-4-2-3-5-12(11)14/h11-12,16H,2-10,14H2,1H3. The zero-order valence-electron chi connectivity index (χ0n) is 10.5. The van der Waals surface area contributed by atoms with E-state index >= 15 is 0 Å². The second kappa shape index (κ2) is 5.03. The molecule has 1 saturated carbocycles. The first-order valence-electron chi connectivity index (χ1n) is 6.77. The Balaban J connectivity index is 1.77. The van der Waals surface area contributed by atoms with Gasteiger partial charge in [0.05, 0.1) is 5.60 Å². The molecule has 0 bridgehead atoms. The molecule has 1 aliphatic carbocycles. The lowest BCUT2D eigenvalue weighted by Gasteiger charge is -2.39. The molecule has 2 aliphatic rings. The zero-order valence-corrected chi connectivity index (χ0v) is 10.5. The van der Waals surface area contributed by atoms with E-state index in [0.29, 0.717) is 12.0 Å². The van der Waals surface area contributed by atoms with E-state index in [-0.39, 0.29) is 0 Å². The average Bonchev–Trinajstić information content (AvgIpc) is 2.24. The molecule has 1 heterocycles. The summed E-state index contributed by atoms with van der Waals surface area (Å²) in [5, 5.41) is 9.90. The van der Waals surface area contributed by atoms with E-state index in [1.54, 1.807) is 0 Å². The number of likely N-dealkylation sites (tertiary alicyclic amines) is 1. The predicted molar refractivity (Wildman–Crippen MR) is 66.2 cm³/mol. The van der Waals surface area contributed by atoms with Gasteiger partial charge in [0.2, 0.25) is 0 Å². The largest absolute Gasteiger partial charge is 0.390 e. The highest BCUT2D eigenvalue weighted by atomic mass is 16.3. The van der Waals surface area contributed by atoms with Crippen molar-refractivity contribution in [1.29, 1.82) is 0 Å². The van der Waals surface area contributed by atoms with Crippen LogP contribution in [0.2, 0.25) is 0 Å². The normalized spacial score (nSPS) is 36.2. The lowest BCUT2D eigenvalue weighted by atomic mass is 9.84. The summed E-state index contributed by atoms with van der Waals surface area (Å²) in [5.74, 6) is 0.691. The number of rotatable bonds is 2. The van der Waals surface area contributed by atoms with Gasteiger partial charge >= 0.3 is 0 Å². The number of aliphatic hydroxyl groups is 1. The summed E-state index contributed by atoms with van der Waals surface area (Å²) in [4.78, 5) is 2.49. The highest BCUT2D eigenvalue weighted by Crippen LogP contribution is 2.27. The van der Waals surface area contributed by atoms with Crippen LogP contribution in [-0.4, -0.2) is 41.3 Å². The third kappa shape index (κ3) is 3.19. The maximum absolute atomic E-state index is 9.90. The first kappa shape index (κ1) is 12.3. The van der Waals surface area contributed by atoms with E-state index in [1.807, 2.05) is 6.92 Å². The first-order chi connectivity index (χ1) is 7.57. The van der Waals surface area contributed by atoms with Crippen molar-refractivity contribution in [2.45, 2.75) is 57.1 Å². The van der Waals surface area contributed by atoms with Crippen LogP contribution in [0.25, 0.3) is 0 Å². The summed E-state index contributed by atoms with van der Waals surface area (Å²) in [6, 6.07) is 0.413. The Morgan fingerprint density at radius 2 is 1.88 bits per heavy atom. The molecule has 0 radical (unpaired) electrons. The quantitative estimate of drug-likeness (QED) is 0.747. The van der Waals surface area contributed by atoms with E-state index in [4.69, 9.17) is 5.73 Å². The van der Waals surface area contributed by atoms with Gasteiger partial charge < -0.3 is 15.7 Å². The van der Waals surface area contributed by atoms with Gasteiger partial charge in [0.15, 0.2) is 0 Å². The molecule has 1 saturated heterocycles. The van der Waals surface area contributed by atoms with Crippen molar-refractivity contribution < 1.29 is 5.11 Å². The minimum atomic E-state index is -0.425. The van der Waals surface area contributed by atoms with Crippen molar-refractivity contribution in [3.63, 3.8) is 0 Å². The maximum atomic E-state index is 9.90. The molecule has 0 aromatic rings. The Kier molecular flexibility index (Phi) is 3.88. The molecule has 2 unspecified atom stereocenters. The molecule has 3 nitrogen and oxygen atoms in total. The highest BCUT2D eigenvalue weighted by molar-refractivity contribution is 4.85. The second-order valence-electron chi connectivity index (χ2n) is 6.01. The minimum absolute atomic E-state index is 0.413. The average molecular weight is 226 g/mol. The molecule has 16 heavy (non-hydrogen) atoms. The summed E-state index contributed by atoms with van der Waals surface area (Å²) in [6.45, 7) is 5.18. The lowest BCUT2D eigenvalue weighted by Crippen LogP contribution is -2.47. The Labute approximate surface area is 99.0 Å². The fourth-order valence-electron chi connectivity index (χ4n) is 3.01. The molecule has 3 N–H and O–H groups in total. The first-order valence-corrected chi connectivity index (χ1v) is 6.77. The van der Waals surface area contributed by atoms with Crippen LogP contribution in [-0.2, 0) is 0 Å². The molecule has 2 atom stereocenters. The van der Waals surface area contributed by atoms with Gasteiger partial charge in [-0.05, 0) is 38.5 Å². The summed E-state index contributed by atoms with van der Waals surface area (Å²) in [7, 11) is 0. The predicted octanol–water partition coefficient (Wildman–Crippen LogP) is 1.35. The van der Waals surface area contributed by atoms with Crippen LogP contribution in [0.1, 0.15) is 45.4 Å². The maximum Gasteiger partial charge on any atom is 0.0644 e. The lowest BCUT2D eigenvalue weighted by molar-refractivity contribution is -0.0107. The van der Waals surface area contributed by atoms with Crippen molar-refractivity contribution in [1.82, 2.24) is 4.90 Å². The van der Waals surface area contributed by atoms with Crippen LogP contribution in [0.3, 0.4) is 0 Å².